The number of fused-ring (bicyclic) bond motifs is 13. The largest absolute Gasteiger partial charge is 0.277 e. The summed E-state index contributed by atoms with van der Waals surface area (Å²) in [6.07, 6.45) is 0. The third-order valence-electron chi connectivity index (χ3n) is 11.3. The van der Waals surface area contributed by atoms with Crippen molar-refractivity contribution in [3.05, 3.63) is 176 Å². The minimum atomic E-state index is 0.667. The van der Waals surface area contributed by atoms with Crippen molar-refractivity contribution in [3.63, 3.8) is 0 Å². The van der Waals surface area contributed by atoms with Gasteiger partial charge in [-0.3, -0.25) is 4.57 Å². The van der Waals surface area contributed by atoms with Gasteiger partial charge in [0, 0.05) is 27.1 Å². The molecule has 0 fully saturated rings. The quantitative estimate of drug-likeness (QED) is 0.175. The molecule has 1 aliphatic carbocycles. The van der Waals surface area contributed by atoms with Gasteiger partial charge in [-0.1, -0.05) is 164 Å². The van der Waals surface area contributed by atoms with Crippen molar-refractivity contribution >= 4 is 65.0 Å². The lowest BCUT2D eigenvalue weighted by molar-refractivity contribution is 1.02. The number of benzene rings is 9. The molecule has 11 aromatic rings. The van der Waals surface area contributed by atoms with Gasteiger partial charge in [-0.05, 0) is 72.4 Å². The van der Waals surface area contributed by atoms with Gasteiger partial charge in [0.15, 0.2) is 0 Å². The van der Waals surface area contributed by atoms with Gasteiger partial charge in [0.1, 0.15) is 0 Å². The van der Waals surface area contributed by atoms with Gasteiger partial charge < -0.3 is 0 Å². The molecule has 0 aliphatic heterocycles. The first kappa shape index (κ1) is 28.6. The third kappa shape index (κ3) is 3.94. The van der Waals surface area contributed by atoms with Crippen molar-refractivity contribution in [3.8, 4) is 50.6 Å². The van der Waals surface area contributed by atoms with Gasteiger partial charge in [-0.2, -0.15) is 0 Å². The number of aromatic nitrogens is 3. The molecule has 2 aromatic heterocycles. The third-order valence-corrected chi connectivity index (χ3v) is 11.3. The molecule has 12 rings (SSSR count). The second-order valence-corrected chi connectivity index (χ2v) is 14.1. The average molecular weight is 672 g/mol. The molecule has 0 saturated heterocycles. The fourth-order valence-corrected chi connectivity index (χ4v) is 9.07. The Bertz CT molecular complexity index is 3320. The first-order valence-electron chi connectivity index (χ1n) is 18.2. The Balaban J connectivity index is 1.25. The van der Waals surface area contributed by atoms with Crippen molar-refractivity contribution in [2.75, 3.05) is 0 Å². The maximum absolute atomic E-state index is 5.55. The van der Waals surface area contributed by atoms with Crippen LogP contribution in [-0.2, 0) is 0 Å². The first-order chi connectivity index (χ1) is 26.3. The van der Waals surface area contributed by atoms with Crippen LogP contribution in [0.2, 0.25) is 0 Å². The van der Waals surface area contributed by atoms with Gasteiger partial charge in [0.05, 0.1) is 22.2 Å². The normalized spacial score (nSPS) is 12.2. The van der Waals surface area contributed by atoms with Gasteiger partial charge in [0.25, 0.3) is 0 Å². The molecule has 53 heavy (non-hydrogen) atoms. The van der Waals surface area contributed by atoms with Crippen molar-refractivity contribution in [2.45, 2.75) is 0 Å². The SMILES string of the molecule is c1ccc(-c2ccc(-c3nc(-n4c5cc6c7c(cccc7c5c5c7ccccc7c7ccccc7c54)-c4ccccc4-6)nc4ccccc34)cc2)cc1. The maximum atomic E-state index is 5.55. The first-order valence-corrected chi connectivity index (χ1v) is 18.2. The highest BCUT2D eigenvalue weighted by molar-refractivity contribution is 6.38. The molecule has 0 amide bonds. The zero-order chi connectivity index (χ0) is 34.6. The smallest absolute Gasteiger partial charge is 0.235 e. The molecule has 1 aliphatic rings. The minimum Gasteiger partial charge on any atom is -0.277 e. The molecule has 0 unspecified atom stereocenters. The highest BCUT2D eigenvalue weighted by atomic mass is 15.2. The summed E-state index contributed by atoms with van der Waals surface area (Å²) >= 11 is 0. The average Bonchev–Trinajstić information content (AvgIpc) is 3.75. The lowest BCUT2D eigenvalue weighted by Gasteiger charge is -2.14. The van der Waals surface area contributed by atoms with Gasteiger partial charge >= 0.3 is 0 Å². The summed E-state index contributed by atoms with van der Waals surface area (Å²) in [6.45, 7) is 0. The van der Waals surface area contributed by atoms with Gasteiger partial charge in [-0.15, -0.1) is 0 Å². The van der Waals surface area contributed by atoms with Crippen LogP contribution in [0.3, 0.4) is 0 Å². The second-order valence-electron chi connectivity index (χ2n) is 14.1. The minimum absolute atomic E-state index is 0.667. The van der Waals surface area contributed by atoms with Gasteiger partial charge in [0.2, 0.25) is 5.95 Å². The maximum Gasteiger partial charge on any atom is 0.235 e. The zero-order valence-corrected chi connectivity index (χ0v) is 28.6. The van der Waals surface area contributed by atoms with E-state index in [-0.39, 0.29) is 0 Å². The number of rotatable bonds is 3. The molecule has 0 saturated carbocycles. The van der Waals surface area contributed by atoms with E-state index in [2.05, 4.69) is 180 Å². The summed E-state index contributed by atoms with van der Waals surface area (Å²) in [5, 5.41) is 11.0. The predicted octanol–water partition coefficient (Wildman–Crippen LogP) is 13.2. The zero-order valence-electron chi connectivity index (χ0n) is 28.6. The van der Waals surface area contributed by atoms with E-state index in [1.165, 1.54) is 76.5 Å². The second kappa shape index (κ2) is 10.7. The summed E-state index contributed by atoms with van der Waals surface area (Å²) in [4.78, 5) is 10.9. The Labute approximate surface area is 305 Å². The molecular formula is C50H29N3. The van der Waals surface area contributed by atoms with Crippen LogP contribution in [0.15, 0.2) is 176 Å². The van der Waals surface area contributed by atoms with Crippen LogP contribution in [0.4, 0.5) is 0 Å². The fourth-order valence-electron chi connectivity index (χ4n) is 9.07. The highest BCUT2D eigenvalue weighted by Gasteiger charge is 2.28. The predicted molar refractivity (Wildman–Crippen MR) is 222 cm³/mol. The Morgan fingerprint density at radius 2 is 0.906 bits per heavy atom. The summed E-state index contributed by atoms with van der Waals surface area (Å²) in [6, 6.07) is 63.4. The van der Waals surface area contributed by atoms with Crippen molar-refractivity contribution in [1.29, 1.82) is 0 Å². The molecule has 2 heterocycles. The standard InChI is InChI=1S/C50H29N3/c1-2-13-30(14-3-1)31-25-27-32(28-26-31)48-40-21-10-11-24-43(40)51-50(52-48)53-44-29-42-36-18-5-4-16-34(36)37-22-12-23-41(45(37)42)46(44)47-38-19-8-6-15-33(38)35-17-7-9-20-39(35)49(47)53/h1-29H. The molecule has 0 bridgehead atoms. The molecule has 0 radical (unpaired) electrons. The van der Waals surface area contributed by atoms with E-state index in [0.717, 1.165) is 33.2 Å². The van der Waals surface area contributed by atoms with E-state index in [9.17, 15) is 0 Å². The van der Waals surface area contributed by atoms with Gasteiger partial charge in [-0.25, -0.2) is 9.97 Å². The molecule has 3 nitrogen and oxygen atoms in total. The molecule has 9 aromatic carbocycles. The van der Waals surface area contributed by atoms with Crippen LogP contribution in [0.5, 0.6) is 0 Å². The molecule has 3 heteroatoms. The number of nitrogens with zero attached hydrogens (tertiary/aromatic N) is 3. The lowest BCUT2D eigenvalue weighted by atomic mass is 9.94. The summed E-state index contributed by atoms with van der Waals surface area (Å²) in [5.74, 6) is 0.667. The molecule has 244 valence electrons. The van der Waals surface area contributed by atoms with Crippen LogP contribution in [0, 0.1) is 0 Å². The lowest BCUT2D eigenvalue weighted by Crippen LogP contribution is -2.04. The Morgan fingerprint density at radius 1 is 0.340 bits per heavy atom. The summed E-state index contributed by atoms with van der Waals surface area (Å²) < 4.78 is 2.36. The Morgan fingerprint density at radius 3 is 1.70 bits per heavy atom. The molecule has 0 atom stereocenters. The fraction of sp³-hybridized carbons (Fsp3) is 0. The van der Waals surface area contributed by atoms with Crippen LogP contribution in [0.1, 0.15) is 0 Å². The molecular weight excluding hydrogens is 643 g/mol. The van der Waals surface area contributed by atoms with Crippen LogP contribution in [0.25, 0.3) is 116 Å². The van der Waals surface area contributed by atoms with Crippen molar-refractivity contribution < 1.29 is 0 Å². The molecule has 0 spiro atoms. The van der Waals surface area contributed by atoms with E-state index >= 15 is 0 Å². The van der Waals surface area contributed by atoms with Crippen molar-refractivity contribution in [2.24, 2.45) is 0 Å². The van der Waals surface area contributed by atoms with Crippen LogP contribution >= 0.6 is 0 Å². The Kier molecular flexibility index (Phi) is 5.77. The number of hydrogen-bond acceptors (Lipinski definition) is 2. The molecule has 0 N–H and O–H groups in total. The highest BCUT2D eigenvalue weighted by Crippen LogP contribution is 2.52. The topological polar surface area (TPSA) is 30.7 Å². The van der Waals surface area contributed by atoms with Crippen LogP contribution in [-0.4, -0.2) is 14.5 Å². The van der Waals surface area contributed by atoms with E-state index in [0.29, 0.717) is 5.95 Å². The van der Waals surface area contributed by atoms with E-state index in [1.807, 2.05) is 0 Å². The van der Waals surface area contributed by atoms with Crippen molar-refractivity contribution in [1.82, 2.24) is 14.5 Å². The van der Waals surface area contributed by atoms with E-state index in [1.54, 1.807) is 0 Å². The summed E-state index contributed by atoms with van der Waals surface area (Å²) in [5.41, 5.74) is 12.6. The number of para-hydroxylation sites is 1. The van der Waals surface area contributed by atoms with Crippen LogP contribution < -0.4 is 0 Å². The van der Waals surface area contributed by atoms with E-state index in [4.69, 9.17) is 9.97 Å². The number of hydrogen-bond donors (Lipinski definition) is 0. The monoisotopic (exact) mass is 671 g/mol. The van der Waals surface area contributed by atoms with E-state index < -0.39 is 0 Å². The summed E-state index contributed by atoms with van der Waals surface area (Å²) in [7, 11) is 0. The Hall–Kier alpha value is -7.10.